The first-order valence-electron chi connectivity index (χ1n) is 5.44. The minimum atomic E-state index is -0.451. The number of nitro benzene ring substituents is 1. The van der Waals surface area contributed by atoms with E-state index in [1.807, 2.05) is 0 Å². The molecule has 1 heterocycles. The molecule has 0 aliphatic heterocycles. The van der Waals surface area contributed by atoms with E-state index in [1.54, 1.807) is 19.2 Å². The number of aromatic nitrogens is 3. The Morgan fingerprint density at radius 2 is 2.26 bits per heavy atom. The van der Waals surface area contributed by atoms with Gasteiger partial charge in [0.2, 0.25) is 0 Å². The zero-order valence-electron chi connectivity index (χ0n) is 9.96. The van der Waals surface area contributed by atoms with E-state index < -0.39 is 4.92 Å². The summed E-state index contributed by atoms with van der Waals surface area (Å²) in [7, 11) is 0. The first-order valence-corrected chi connectivity index (χ1v) is 6.25. The molecule has 0 aliphatic carbocycles. The molecule has 8 heteroatoms. The van der Waals surface area contributed by atoms with E-state index in [1.165, 1.54) is 16.8 Å². The van der Waals surface area contributed by atoms with Gasteiger partial charge in [-0.15, -0.1) is 16.7 Å². The van der Waals surface area contributed by atoms with Crippen LogP contribution in [0.1, 0.15) is 23.6 Å². The van der Waals surface area contributed by atoms with Crippen molar-refractivity contribution in [2.75, 3.05) is 0 Å². The predicted octanol–water partition coefficient (Wildman–Crippen LogP) is 3.19. The van der Waals surface area contributed by atoms with Gasteiger partial charge in [0.1, 0.15) is 5.69 Å². The van der Waals surface area contributed by atoms with Crippen LogP contribution in [0.5, 0.6) is 0 Å². The van der Waals surface area contributed by atoms with Crippen LogP contribution in [0.15, 0.2) is 24.4 Å². The summed E-state index contributed by atoms with van der Waals surface area (Å²) in [5.74, 6) is 0. The highest BCUT2D eigenvalue weighted by Gasteiger charge is 2.15. The molecule has 1 aromatic carbocycles. The summed E-state index contributed by atoms with van der Waals surface area (Å²) in [6, 6.07) is 4.40. The van der Waals surface area contributed by atoms with Gasteiger partial charge in [-0.05, 0) is 19.1 Å². The van der Waals surface area contributed by atoms with E-state index >= 15 is 0 Å². The Kier molecular flexibility index (Phi) is 4.01. The first kappa shape index (κ1) is 13.8. The average molecular weight is 301 g/mol. The van der Waals surface area contributed by atoms with Crippen molar-refractivity contribution in [2.24, 2.45) is 0 Å². The van der Waals surface area contributed by atoms with Gasteiger partial charge in [-0.3, -0.25) is 10.1 Å². The SMILES string of the molecule is CC(Cl)c1cn(Cc2cc(Cl)ccc2[N+](=O)[O-])nn1. The van der Waals surface area contributed by atoms with Crippen LogP contribution in [-0.4, -0.2) is 19.9 Å². The van der Waals surface area contributed by atoms with Crippen LogP contribution in [0.4, 0.5) is 5.69 Å². The Morgan fingerprint density at radius 3 is 2.84 bits per heavy atom. The molecule has 0 spiro atoms. The number of hydrogen-bond acceptors (Lipinski definition) is 4. The third-order valence-electron chi connectivity index (χ3n) is 2.53. The summed E-state index contributed by atoms with van der Waals surface area (Å²) >= 11 is 11.7. The molecule has 0 saturated heterocycles. The van der Waals surface area contributed by atoms with E-state index in [2.05, 4.69) is 10.3 Å². The van der Waals surface area contributed by atoms with Crippen molar-refractivity contribution in [3.63, 3.8) is 0 Å². The van der Waals surface area contributed by atoms with Crippen LogP contribution in [0.2, 0.25) is 5.02 Å². The molecule has 0 amide bonds. The van der Waals surface area contributed by atoms with Crippen molar-refractivity contribution in [2.45, 2.75) is 18.8 Å². The lowest BCUT2D eigenvalue weighted by Gasteiger charge is -2.03. The Morgan fingerprint density at radius 1 is 1.53 bits per heavy atom. The van der Waals surface area contributed by atoms with Gasteiger partial charge in [-0.2, -0.15) is 0 Å². The second-order valence-corrected chi connectivity index (χ2v) is 5.08. The largest absolute Gasteiger partial charge is 0.274 e. The fourth-order valence-corrected chi connectivity index (χ4v) is 1.90. The van der Waals surface area contributed by atoms with Gasteiger partial charge in [0, 0.05) is 11.1 Å². The zero-order chi connectivity index (χ0) is 14.0. The smallest absolute Gasteiger partial charge is 0.258 e. The van der Waals surface area contributed by atoms with Crippen molar-refractivity contribution in [1.82, 2.24) is 15.0 Å². The zero-order valence-corrected chi connectivity index (χ0v) is 11.5. The molecule has 0 aliphatic rings. The van der Waals surface area contributed by atoms with E-state index in [0.717, 1.165) is 0 Å². The van der Waals surface area contributed by atoms with Gasteiger partial charge >= 0.3 is 0 Å². The van der Waals surface area contributed by atoms with Crippen molar-refractivity contribution >= 4 is 28.9 Å². The summed E-state index contributed by atoms with van der Waals surface area (Å²) in [5.41, 5.74) is 1.09. The van der Waals surface area contributed by atoms with E-state index in [0.29, 0.717) is 16.3 Å². The Balaban J connectivity index is 2.31. The molecule has 0 fully saturated rings. The lowest BCUT2D eigenvalue weighted by Crippen LogP contribution is -2.04. The lowest BCUT2D eigenvalue weighted by atomic mass is 10.2. The van der Waals surface area contributed by atoms with Gasteiger partial charge in [0.25, 0.3) is 5.69 Å². The number of nitrogens with zero attached hydrogens (tertiary/aromatic N) is 4. The highest BCUT2D eigenvalue weighted by atomic mass is 35.5. The highest BCUT2D eigenvalue weighted by Crippen LogP contribution is 2.24. The summed E-state index contributed by atoms with van der Waals surface area (Å²) in [5, 5.41) is 18.9. The van der Waals surface area contributed by atoms with Crippen LogP contribution in [0.25, 0.3) is 0 Å². The second kappa shape index (κ2) is 5.54. The number of hydrogen-bond donors (Lipinski definition) is 0. The number of alkyl halides is 1. The molecule has 1 aromatic heterocycles. The molecule has 2 rings (SSSR count). The Hall–Kier alpha value is -1.66. The molecule has 0 saturated carbocycles. The number of halogens is 2. The second-order valence-electron chi connectivity index (χ2n) is 3.99. The maximum Gasteiger partial charge on any atom is 0.274 e. The molecule has 6 nitrogen and oxygen atoms in total. The molecular weight excluding hydrogens is 291 g/mol. The number of benzene rings is 1. The summed E-state index contributed by atoms with van der Waals surface area (Å²) in [6.45, 7) is 1.99. The summed E-state index contributed by atoms with van der Waals surface area (Å²) in [6.07, 6.45) is 1.66. The van der Waals surface area contributed by atoms with Gasteiger partial charge < -0.3 is 0 Å². The molecule has 100 valence electrons. The van der Waals surface area contributed by atoms with E-state index in [4.69, 9.17) is 23.2 Å². The van der Waals surface area contributed by atoms with Crippen molar-refractivity contribution in [3.8, 4) is 0 Å². The maximum absolute atomic E-state index is 10.9. The summed E-state index contributed by atoms with van der Waals surface area (Å²) < 4.78 is 1.49. The highest BCUT2D eigenvalue weighted by molar-refractivity contribution is 6.30. The molecule has 19 heavy (non-hydrogen) atoms. The molecule has 1 atom stereocenters. The van der Waals surface area contributed by atoms with Crippen LogP contribution < -0.4 is 0 Å². The molecule has 0 N–H and O–H groups in total. The van der Waals surface area contributed by atoms with Crippen LogP contribution in [0, 0.1) is 10.1 Å². The fraction of sp³-hybridized carbons (Fsp3) is 0.273. The maximum atomic E-state index is 10.9. The Bertz CT molecular complexity index is 612. The van der Waals surface area contributed by atoms with E-state index in [9.17, 15) is 10.1 Å². The lowest BCUT2D eigenvalue weighted by molar-refractivity contribution is -0.385. The monoisotopic (exact) mass is 300 g/mol. The van der Waals surface area contributed by atoms with Crippen LogP contribution >= 0.6 is 23.2 Å². The molecule has 0 bridgehead atoms. The fourth-order valence-electron chi connectivity index (χ4n) is 1.61. The Labute approximate surface area is 119 Å². The van der Waals surface area contributed by atoms with Crippen molar-refractivity contribution < 1.29 is 4.92 Å². The molecule has 0 radical (unpaired) electrons. The summed E-state index contributed by atoms with van der Waals surface area (Å²) in [4.78, 5) is 10.5. The first-order chi connectivity index (χ1) is 8.97. The van der Waals surface area contributed by atoms with E-state index in [-0.39, 0.29) is 17.6 Å². The quantitative estimate of drug-likeness (QED) is 0.494. The minimum absolute atomic E-state index is 0.000344. The average Bonchev–Trinajstić information content (AvgIpc) is 2.77. The topological polar surface area (TPSA) is 73.8 Å². The molecule has 1 unspecified atom stereocenters. The third kappa shape index (κ3) is 3.21. The van der Waals surface area contributed by atoms with Crippen LogP contribution in [-0.2, 0) is 6.54 Å². The predicted molar refractivity (Wildman–Crippen MR) is 71.5 cm³/mol. The van der Waals surface area contributed by atoms with Crippen molar-refractivity contribution in [1.29, 1.82) is 0 Å². The minimum Gasteiger partial charge on any atom is -0.258 e. The third-order valence-corrected chi connectivity index (χ3v) is 2.99. The van der Waals surface area contributed by atoms with Gasteiger partial charge in [-0.1, -0.05) is 16.8 Å². The van der Waals surface area contributed by atoms with Gasteiger partial charge in [0.15, 0.2) is 0 Å². The standard InChI is InChI=1S/C11H10Cl2N4O2/c1-7(12)10-6-16(15-14-10)5-8-4-9(13)2-3-11(8)17(18)19/h2-4,6-7H,5H2,1H3. The van der Waals surface area contributed by atoms with Crippen LogP contribution in [0.3, 0.4) is 0 Å². The molecular formula is C11H10Cl2N4O2. The van der Waals surface area contributed by atoms with Gasteiger partial charge in [0.05, 0.1) is 28.6 Å². The molecule has 2 aromatic rings. The normalized spacial score (nSPS) is 12.4. The number of rotatable bonds is 4. The van der Waals surface area contributed by atoms with Crippen molar-refractivity contribution in [3.05, 3.63) is 50.8 Å². The van der Waals surface area contributed by atoms with Gasteiger partial charge in [-0.25, -0.2) is 4.68 Å². The number of nitro groups is 1.